The molecular formula is C20H22F2N2O. The first-order valence-corrected chi connectivity index (χ1v) is 8.51. The molecule has 25 heavy (non-hydrogen) atoms. The third-order valence-electron chi connectivity index (χ3n) is 4.87. The second kappa shape index (κ2) is 7.31. The third kappa shape index (κ3) is 4.04. The zero-order chi connectivity index (χ0) is 18.0. The van der Waals surface area contributed by atoms with Crippen LogP contribution in [0.25, 0.3) is 0 Å². The van der Waals surface area contributed by atoms with Gasteiger partial charge in [-0.1, -0.05) is 18.2 Å². The maximum atomic E-state index is 13.5. The van der Waals surface area contributed by atoms with Crippen LogP contribution < -0.4 is 5.32 Å². The SMILES string of the molecule is CC(NC(=O)CN1CCc2ccc(F)cc2C1C)c1ccc(F)cc1. The Balaban J connectivity index is 1.62. The van der Waals surface area contributed by atoms with Crippen LogP contribution in [0.5, 0.6) is 0 Å². The molecule has 2 atom stereocenters. The summed E-state index contributed by atoms with van der Waals surface area (Å²) in [4.78, 5) is 14.4. The molecule has 1 aliphatic rings. The summed E-state index contributed by atoms with van der Waals surface area (Å²) >= 11 is 0. The van der Waals surface area contributed by atoms with Gasteiger partial charge in [0.25, 0.3) is 0 Å². The molecule has 0 spiro atoms. The average Bonchev–Trinajstić information content (AvgIpc) is 2.58. The zero-order valence-corrected chi connectivity index (χ0v) is 14.4. The van der Waals surface area contributed by atoms with E-state index in [1.165, 1.54) is 18.2 Å². The fourth-order valence-electron chi connectivity index (χ4n) is 3.36. The molecule has 5 heteroatoms. The van der Waals surface area contributed by atoms with Crippen LogP contribution in [0.2, 0.25) is 0 Å². The molecule has 0 aromatic heterocycles. The Kier molecular flexibility index (Phi) is 5.13. The minimum atomic E-state index is -0.296. The highest BCUT2D eigenvalue weighted by Gasteiger charge is 2.26. The molecule has 1 aliphatic heterocycles. The smallest absolute Gasteiger partial charge is 0.234 e. The van der Waals surface area contributed by atoms with Crippen LogP contribution in [0.15, 0.2) is 42.5 Å². The highest BCUT2D eigenvalue weighted by Crippen LogP contribution is 2.29. The van der Waals surface area contributed by atoms with E-state index in [2.05, 4.69) is 10.2 Å². The van der Waals surface area contributed by atoms with Crippen molar-refractivity contribution in [3.05, 3.63) is 70.8 Å². The molecule has 1 N–H and O–H groups in total. The van der Waals surface area contributed by atoms with Crippen LogP contribution in [0.3, 0.4) is 0 Å². The minimum absolute atomic E-state index is 0.00803. The summed E-state index contributed by atoms with van der Waals surface area (Å²) in [5, 5.41) is 2.94. The van der Waals surface area contributed by atoms with E-state index in [0.717, 1.165) is 29.7 Å². The Bertz CT molecular complexity index is 761. The van der Waals surface area contributed by atoms with Gasteiger partial charge in [-0.25, -0.2) is 8.78 Å². The van der Waals surface area contributed by atoms with Gasteiger partial charge in [-0.05, 0) is 61.2 Å². The number of carbonyl (C=O) groups is 1. The number of halogens is 2. The molecule has 3 rings (SSSR count). The van der Waals surface area contributed by atoms with Crippen molar-refractivity contribution in [1.82, 2.24) is 10.2 Å². The molecular weight excluding hydrogens is 322 g/mol. The van der Waals surface area contributed by atoms with Gasteiger partial charge in [0.1, 0.15) is 11.6 Å². The number of fused-ring (bicyclic) bond motifs is 1. The number of hydrogen-bond acceptors (Lipinski definition) is 2. The lowest BCUT2D eigenvalue weighted by Gasteiger charge is -2.35. The summed E-state index contributed by atoms with van der Waals surface area (Å²) in [6.45, 7) is 4.88. The van der Waals surface area contributed by atoms with Crippen LogP contribution in [-0.4, -0.2) is 23.9 Å². The molecule has 0 bridgehead atoms. The Hall–Kier alpha value is -2.27. The summed E-state index contributed by atoms with van der Waals surface area (Å²) in [5.74, 6) is -0.638. The van der Waals surface area contributed by atoms with Crippen molar-refractivity contribution >= 4 is 5.91 Å². The number of nitrogens with zero attached hydrogens (tertiary/aromatic N) is 1. The molecule has 1 heterocycles. The second-order valence-electron chi connectivity index (χ2n) is 6.58. The highest BCUT2D eigenvalue weighted by molar-refractivity contribution is 5.78. The van der Waals surface area contributed by atoms with E-state index in [1.807, 2.05) is 19.9 Å². The molecule has 132 valence electrons. The van der Waals surface area contributed by atoms with E-state index in [0.29, 0.717) is 0 Å². The van der Waals surface area contributed by atoms with Crippen molar-refractivity contribution in [2.75, 3.05) is 13.1 Å². The van der Waals surface area contributed by atoms with Crippen molar-refractivity contribution in [1.29, 1.82) is 0 Å². The standard InChI is InChI=1S/C20H22F2N2O/c1-13(15-3-6-17(21)7-4-15)23-20(25)12-24-10-9-16-5-8-18(22)11-19(16)14(24)2/h3-8,11,13-14H,9-10,12H2,1-2H3,(H,23,25). The van der Waals surface area contributed by atoms with E-state index in [9.17, 15) is 13.6 Å². The van der Waals surface area contributed by atoms with Crippen LogP contribution in [0.4, 0.5) is 8.78 Å². The molecule has 2 aromatic rings. The number of nitrogens with one attached hydrogen (secondary N) is 1. The average molecular weight is 344 g/mol. The van der Waals surface area contributed by atoms with Crippen molar-refractivity contribution in [2.24, 2.45) is 0 Å². The quantitative estimate of drug-likeness (QED) is 0.916. The summed E-state index contributed by atoms with van der Waals surface area (Å²) in [5.41, 5.74) is 2.95. The second-order valence-corrected chi connectivity index (χ2v) is 6.58. The van der Waals surface area contributed by atoms with Gasteiger partial charge in [-0.2, -0.15) is 0 Å². The predicted molar refractivity (Wildman–Crippen MR) is 93.0 cm³/mol. The molecule has 0 saturated carbocycles. The van der Waals surface area contributed by atoms with Crippen molar-refractivity contribution in [3.63, 3.8) is 0 Å². The van der Waals surface area contributed by atoms with E-state index in [-0.39, 0.29) is 36.2 Å². The van der Waals surface area contributed by atoms with Gasteiger partial charge < -0.3 is 5.32 Å². The lowest BCUT2D eigenvalue weighted by Crippen LogP contribution is -2.42. The number of rotatable bonds is 4. The topological polar surface area (TPSA) is 32.3 Å². The van der Waals surface area contributed by atoms with E-state index in [4.69, 9.17) is 0 Å². The van der Waals surface area contributed by atoms with Crippen LogP contribution in [0.1, 0.15) is 42.6 Å². The maximum absolute atomic E-state index is 13.5. The molecule has 1 amide bonds. The fraction of sp³-hybridized carbons (Fsp3) is 0.350. The predicted octanol–water partition coefficient (Wildman–Crippen LogP) is 3.76. The monoisotopic (exact) mass is 344 g/mol. The van der Waals surface area contributed by atoms with Gasteiger partial charge >= 0.3 is 0 Å². The summed E-state index contributed by atoms with van der Waals surface area (Å²) < 4.78 is 26.5. The van der Waals surface area contributed by atoms with E-state index in [1.54, 1.807) is 18.2 Å². The lowest BCUT2D eigenvalue weighted by molar-refractivity contribution is -0.123. The van der Waals surface area contributed by atoms with Gasteiger partial charge in [0, 0.05) is 12.6 Å². The van der Waals surface area contributed by atoms with Gasteiger partial charge in [0.15, 0.2) is 0 Å². The summed E-state index contributed by atoms with van der Waals surface area (Å²) in [6.07, 6.45) is 0.806. The van der Waals surface area contributed by atoms with E-state index >= 15 is 0 Å². The molecule has 0 saturated heterocycles. The van der Waals surface area contributed by atoms with Gasteiger partial charge in [-0.15, -0.1) is 0 Å². The van der Waals surface area contributed by atoms with Gasteiger partial charge in [0.2, 0.25) is 5.91 Å². The first kappa shape index (κ1) is 17.5. The number of carbonyl (C=O) groups excluding carboxylic acids is 1. The Morgan fingerprint density at radius 2 is 1.88 bits per heavy atom. The Labute approximate surface area is 146 Å². The minimum Gasteiger partial charge on any atom is -0.348 e. The molecule has 0 aliphatic carbocycles. The molecule has 2 aromatic carbocycles. The Morgan fingerprint density at radius 3 is 2.60 bits per heavy atom. The first-order chi connectivity index (χ1) is 11.9. The largest absolute Gasteiger partial charge is 0.348 e. The van der Waals surface area contributed by atoms with Crippen molar-refractivity contribution < 1.29 is 13.6 Å². The van der Waals surface area contributed by atoms with Crippen molar-refractivity contribution in [3.8, 4) is 0 Å². The zero-order valence-electron chi connectivity index (χ0n) is 14.4. The first-order valence-electron chi connectivity index (χ1n) is 8.51. The maximum Gasteiger partial charge on any atom is 0.234 e. The number of hydrogen-bond donors (Lipinski definition) is 1. The fourth-order valence-corrected chi connectivity index (χ4v) is 3.36. The lowest BCUT2D eigenvalue weighted by atomic mass is 9.93. The summed E-state index contributed by atoms with van der Waals surface area (Å²) in [7, 11) is 0. The number of benzene rings is 2. The molecule has 2 unspecified atom stereocenters. The Morgan fingerprint density at radius 1 is 1.20 bits per heavy atom. The highest BCUT2D eigenvalue weighted by atomic mass is 19.1. The van der Waals surface area contributed by atoms with Crippen molar-refractivity contribution in [2.45, 2.75) is 32.4 Å². The van der Waals surface area contributed by atoms with Crippen LogP contribution in [-0.2, 0) is 11.2 Å². The summed E-state index contributed by atoms with van der Waals surface area (Å²) in [6, 6.07) is 10.8. The van der Waals surface area contributed by atoms with Crippen LogP contribution >= 0.6 is 0 Å². The normalized spacial score (nSPS) is 18.5. The number of amides is 1. The van der Waals surface area contributed by atoms with Gasteiger partial charge in [-0.3, -0.25) is 9.69 Å². The van der Waals surface area contributed by atoms with E-state index < -0.39 is 0 Å². The molecule has 0 radical (unpaired) electrons. The molecule has 0 fully saturated rings. The third-order valence-corrected chi connectivity index (χ3v) is 4.87. The van der Waals surface area contributed by atoms with Crippen LogP contribution in [0, 0.1) is 11.6 Å². The van der Waals surface area contributed by atoms with Gasteiger partial charge in [0.05, 0.1) is 12.6 Å². The molecule has 3 nitrogen and oxygen atoms in total.